The zero-order valence-corrected chi connectivity index (χ0v) is 10.7. The van der Waals surface area contributed by atoms with E-state index < -0.39 is 0 Å². The molecule has 1 heterocycles. The molecule has 1 aromatic heterocycles. The highest BCUT2D eigenvalue weighted by Crippen LogP contribution is 2.12. The van der Waals surface area contributed by atoms with Crippen molar-refractivity contribution in [3.63, 3.8) is 0 Å². The van der Waals surface area contributed by atoms with Gasteiger partial charge in [-0.15, -0.1) is 0 Å². The van der Waals surface area contributed by atoms with E-state index in [4.69, 9.17) is 10.6 Å². The van der Waals surface area contributed by atoms with Crippen LogP contribution in [-0.2, 0) is 6.54 Å². The molecule has 0 saturated heterocycles. The fourth-order valence-corrected chi connectivity index (χ4v) is 1.63. The maximum atomic E-state index is 11.2. The summed E-state index contributed by atoms with van der Waals surface area (Å²) < 4.78 is 7.39. The van der Waals surface area contributed by atoms with Crippen molar-refractivity contribution in [1.29, 1.82) is 0 Å². The van der Waals surface area contributed by atoms with Crippen molar-refractivity contribution >= 4 is 5.91 Å². The first-order valence-corrected chi connectivity index (χ1v) is 5.93. The summed E-state index contributed by atoms with van der Waals surface area (Å²) in [6.45, 7) is 3.14. The average molecular weight is 260 g/mol. The Morgan fingerprint density at radius 1 is 1.37 bits per heavy atom. The summed E-state index contributed by atoms with van der Waals surface area (Å²) in [5.41, 5.74) is 3.56. The van der Waals surface area contributed by atoms with Crippen LogP contribution in [-0.4, -0.2) is 22.3 Å². The minimum atomic E-state index is -0.321. The van der Waals surface area contributed by atoms with Gasteiger partial charge >= 0.3 is 0 Å². The van der Waals surface area contributed by atoms with Crippen molar-refractivity contribution in [3.05, 3.63) is 47.8 Å². The van der Waals surface area contributed by atoms with Gasteiger partial charge in [-0.1, -0.05) is 0 Å². The van der Waals surface area contributed by atoms with E-state index in [1.807, 2.05) is 23.9 Å². The Bertz CT molecular complexity index is 548. The number of hydrazine groups is 1. The molecule has 0 spiro atoms. The Balaban J connectivity index is 1.84. The maximum Gasteiger partial charge on any atom is 0.265 e. The molecule has 0 fully saturated rings. The second-order valence-corrected chi connectivity index (χ2v) is 4.07. The Hall–Kier alpha value is -2.34. The summed E-state index contributed by atoms with van der Waals surface area (Å²) in [6.07, 6.45) is 1.91. The summed E-state index contributed by atoms with van der Waals surface area (Å²) >= 11 is 0. The summed E-state index contributed by atoms with van der Waals surface area (Å²) in [6, 6.07) is 8.74. The first kappa shape index (κ1) is 13.1. The molecule has 2 rings (SSSR count). The van der Waals surface area contributed by atoms with Crippen molar-refractivity contribution < 1.29 is 9.53 Å². The lowest BCUT2D eigenvalue weighted by atomic mass is 10.2. The van der Waals surface area contributed by atoms with Crippen molar-refractivity contribution in [3.8, 4) is 5.75 Å². The number of amides is 1. The van der Waals surface area contributed by atoms with Gasteiger partial charge in [0, 0.05) is 11.8 Å². The van der Waals surface area contributed by atoms with Crippen LogP contribution in [0.4, 0.5) is 0 Å². The molecule has 0 aliphatic carbocycles. The van der Waals surface area contributed by atoms with Gasteiger partial charge in [0.15, 0.2) is 0 Å². The zero-order chi connectivity index (χ0) is 13.7. The molecule has 3 N–H and O–H groups in total. The molecule has 2 aromatic rings. The van der Waals surface area contributed by atoms with Gasteiger partial charge in [0.1, 0.15) is 12.4 Å². The standard InChI is InChI=1S/C13H16N4O2/c1-10-6-7-17(16-10)8-9-19-12-4-2-11(3-5-12)13(18)15-14/h2-7H,8-9,14H2,1H3,(H,15,18). The lowest BCUT2D eigenvalue weighted by Crippen LogP contribution is -2.29. The number of benzene rings is 1. The zero-order valence-electron chi connectivity index (χ0n) is 10.7. The third-order valence-electron chi connectivity index (χ3n) is 2.61. The number of nitrogens with one attached hydrogen (secondary N) is 1. The maximum absolute atomic E-state index is 11.2. The van der Waals surface area contributed by atoms with Crippen LogP contribution in [0.2, 0.25) is 0 Å². The van der Waals surface area contributed by atoms with Crippen molar-refractivity contribution in [2.45, 2.75) is 13.5 Å². The highest BCUT2D eigenvalue weighted by Gasteiger charge is 2.03. The largest absolute Gasteiger partial charge is 0.492 e. The molecule has 6 heteroatoms. The minimum absolute atomic E-state index is 0.321. The number of nitrogens with two attached hydrogens (primary N) is 1. The second kappa shape index (κ2) is 6.01. The normalized spacial score (nSPS) is 10.2. The third-order valence-corrected chi connectivity index (χ3v) is 2.61. The summed E-state index contributed by atoms with van der Waals surface area (Å²) in [4.78, 5) is 11.2. The van der Waals surface area contributed by atoms with Crippen LogP contribution in [0.25, 0.3) is 0 Å². The topological polar surface area (TPSA) is 82.2 Å². The Kier molecular flexibility index (Phi) is 4.15. The van der Waals surface area contributed by atoms with Crippen LogP contribution < -0.4 is 16.0 Å². The summed E-state index contributed by atoms with van der Waals surface area (Å²) in [5, 5.41) is 4.26. The molecule has 1 aromatic carbocycles. The van der Waals surface area contributed by atoms with Crippen molar-refractivity contribution in [2.75, 3.05) is 6.61 Å². The number of ether oxygens (including phenoxy) is 1. The SMILES string of the molecule is Cc1ccn(CCOc2ccc(C(=O)NN)cc2)n1. The number of rotatable bonds is 5. The van der Waals surface area contributed by atoms with Gasteiger partial charge in [0.2, 0.25) is 0 Å². The van der Waals surface area contributed by atoms with Crippen LogP contribution >= 0.6 is 0 Å². The molecular formula is C13H16N4O2. The molecule has 0 bridgehead atoms. The molecule has 100 valence electrons. The van der Waals surface area contributed by atoms with Crippen molar-refractivity contribution in [1.82, 2.24) is 15.2 Å². The third kappa shape index (κ3) is 3.56. The van der Waals surface area contributed by atoms with Crippen LogP contribution in [0, 0.1) is 6.92 Å². The number of carbonyl (C=O) groups is 1. The molecule has 0 aliphatic rings. The van der Waals surface area contributed by atoms with Crippen molar-refractivity contribution in [2.24, 2.45) is 5.84 Å². The number of carbonyl (C=O) groups excluding carboxylic acids is 1. The van der Waals surface area contributed by atoms with E-state index in [1.54, 1.807) is 24.3 Å². The molecule has 19 heavy (non-hydrogen) atoms. The van der Waals surface area contributed by atoms with Gasteiger partial charge < -0.3 is 4.74 Å². The number of aryl methyl sites for hydroxylation is 1. The molecule has 0 unspecified atom stereocenters. The monoisotopic (exact) mass is 260 g/mol. The lowest BCUT2D eigenvalue weighted by Gasteiger charge is -2.07. The van der Waals surface area contributed by atoms with E-state index in [9.17, 15) is 4.79 Å². The predicted molar refractivity (Wildman–Crippen MR) is 70.6 cm³/mol. The van der Waals surface area contributed by atoms with E-state index in [0.717, 1.165) is 5.69 Å². The van der Waals surface area contributed by atoms with E-state index in [-0.39, 0.29) is 5.91 Å². The number of aromatic nitrogens is 2. The Labute approximate surface area is 111 Å². The number of nitrogens with zero attached hydrogens (tertiary/aromatic N) is 2. The molecular weight excluding hydrogens is 244 g/mol. The molecule has 6 nitrogen and oxygen atoms in total. The summed E-state index contributed by atoms with van der Waals surface area (Å²) in [5.74, 6) is 5.43. The number of hydrogen-bond donors (Lipinski definition) is 2. The minimum Gasteiger partial charge on any atom is -0.492 e. The second-order valence-electron chi connectivity index (χ2n) is 4.07. The van der Waals surface area contributed by atoms with Crippen LogP contribution in [0.3, 0.4) is 0 Å². The molecule has 0 atom stereocenters. The fourth-order valence-electron chi connectivity index (χ4n) is 1.63. The fraction of sp³-hybridized carbons (Fsp3) is 0.231. The van der Waals surface area contributed by atoms with Gasteiger partial charge in [-0.3, -0.25) is 14.9 Å². The first-order chi connectivity index (χ1) is 9.19. The van der Waals surface area contributed by atoms with Gasteiger partial charge in [-0.25, -0.2) is 5.84 Å². The first-order valence-electron chi connectivity index (χ1n) is 5.93. The van der Waals surface area contributed by atoms with Crippen LogP contribution in [0.5, 0.6) is 5.75 Å². The van der Waals surface area contributed by atoms with Gasteiger partial charge in [-0.05, 0) is 37.3 Å². The molecule has 1 amide bonds. The number of hydrogen-bond acceptors (Lipinski definition) is 4. The van der Waals surface area contributed by atoms with Crippen LogP contribution in [0.15, 0.2) is 36.5 Å². The average Bonchev–Trinajstić information content (AvgIpc) is 2.84. The highest BCUT2D eigenvalue weighted by molar-refractivity contribution is 5.93. The Morgan fingerprint density at radius 2 is 2.11 bits per heavy atom. The van der Waals surface area contributed by atoms with Gasteiger partial charge in [0.05, 0.1) is 12.2 Å². The van der Waals surface area contributed by atoms with Crippen LogP contribution in [0.1, 0.15) is 16.1 Å². The smallest absolute Gasteiger partial charge is 0.265 e. The van der Waals surface area contributed by atoms with Gasteiger partial charge in [-0.2, -0.15) is 5.10 Å². The van der Waals surface area contributed by atoms with Gasteiger partial charge in [0.25, 0.3) is 5.91 Å². The Morgan fingerprint density at radius 3 is 2.68 bits per heavy atom. The number of nitrogen functional groups attached to an aromatic ring is 1. The molecule has 0 aliphatic heterocycles. The quantitative estimate of drug-likeness (QED) is 0.475. The van der Waals surface area contributed by atoms with E-state index in [1.165, 1.54) is 0 Å². The highest BCUT2D eigenvalue weighted by atomic mass is 16.5. The summed E-state index contributed by atoms with van der Waals surface area (Å²) in [7, 11) is 0. The van der Waals surface area contributed by atoms with E-state index in [0.29, 0.717) is 24.5 Å². The van der Waals surface area contributed by atoms with E-state index in [2.05, 4.69) is 10.5 Å². The van der Waals surface area contributed by atoms with E-state index >= 15 is 0 Å². The molecule has 0 radical (unpaired) electrons. The lowest BCUT2D eigenvalue weighted by molar-refractivity contribution is 0.0953. The predicted octanol–water partition coefficient (Wildman–Crippen LogP) is 0.874. The molecule has 0 saturated carbocycles.